The average Bonchev–Trinajstić information content (AvgIpc) is 2.57. The van der Waals surface area contributed by atoms with Crippen LogP contribution in [0.2, 0.25) is 0 Å². The molecule has 8 heteroatoms. The predicted octanol–water partition coefficient (Wildman–Crippen LogP) is 1.86. The molecule has 0 aromatic carbocycles. The molecular formula is C16H23F3N2O3. The molecule has 3 bridgehead atoms. The van der Waals surface area contributed by atoms with Crippen molar-refractivity contribution in [3.63, 3.8) is 0 Å². The molecule has 0 spiro atoms. The van der Waals surface area contributed by atoms with Gasteiger partial charge in [-0.05, 0) is 39.5 Å². The highest BCUT2D eigenvalue weighted by molar-refractivity contribution is 5.78. The molecule has 3 heterocycles. The Hall–Kier alpha value is -1.31. The van der Waals surface area contributed by atoms with Crippen LogP contribution in [0.15, 0.2) is 0 Å². The third-order valence-corrected chi connectivity index (χ3v) is 5.09. The van der Waals surface area contributed by atoms with Crippen molar-refractivity contribution in [2.24, 2.45) is 11.3 Å². The second-order valence-corrected chi connectivity index (χ2v) is 8.17. The number of likely N-dealkylation sites (tertiary alicyclic amines) is 1. The van der Waals surface area contributed by atoms with E-state index in [0.29, 0.717) is 13.0 Å². The van der Waals surface area contributed by atoms with Crippen LogP contribution in [-0.2, 0) is 14.3 Å². The van der Waals surface area contributed by atoms with Gasteiger partial charge in [0.25, 0.3) is 0 Å². The summed E-state index contributed by atoms with van der Waals surface area (Å²) in [6.07, 6.45) is -5.05. The Morgan fingerprint density at radius 2 is 1.79 bits per heavy atom. The number of nitrogens with one attached hydrogen (secondary N) is 1. The second kappa shape index (κ2) is 5.61. The van der Waals surface area contributed by atoms with Gasteiger partial charge in [-0.2, -0.15) is 13.2 Å². The molecule has 3 saturated heterocycles. The van der Waals surface area contributed by atoms with Gasteiger partial charge in [0.2, 0.25) is 5.91 Å². The van der Waals surface area contributed by atoms with E-state index in [9.17, 15) is 22.8 Å². The first-order valence-corrected chi connectivity index (χ1v) is 8.29. The van der Waals surface area contributed by atoms with E-state index >= 15 is 0 Å². The maximum Gasteiger partial charge on any atom is 0.397 e. The monoisotopic (exact) mass is 348 g/mol. The lowest BCUT2D eigenvalue weighted by atomic mass is 9.88. The molecule has 0 saturated carbocycles. The smallest absolute Gasteiger partial charge is 0.397 e. The number of carbonyl (C=O) groups is 2. The molecular weight excluding hydrogens is 325 g/mol. The number of alkyl halides is 3. The van der Waals surface area contributed by atoms with Crippen LogP contribution in [0, 0.1) is 11.3 Å². The zero-order chi connectivity index (χ0) is 17.9. The SMILES string of the molecule is CC(C)(C)C(=O)O[C@@H]1C2[C@H]3CC(C[C@@H]1N3)CN2C(=O)CC(F)(F)F. The summed E-state index contributed by atoms with van der Waals surface area (Å²) in [5.41, 5.74) is -0.699. The third-order valence-electron chi connectivity index (χ3n) is 5.09. The number of rotatable bonds is 2. The minimum atomic E-state index is -4.53. The predicted molar refractivity (Wildman–Crippen MR) is 78.9 cm³/mol. The quantitative estimate of drug-likeness (QED) is 0.774. The van der Waals surface area contributed by atoms with Crippen LogP contribution in [0.4, 0.5) is 13.2 Å². The van der Waals surface area contributed by atoms with Crippen LogP contribution >= 0.6 is 0 Å². The lowest BCUT2D eigenvalue weighted by Gasteiger charge is -2.42. The first kappa shape index (κ1) is 17.5. The fraction of sp³-hybridized carbons (Fsp3) is 0.875. The summed E-state index contributed by atoms with van der Waals surface area (Å²) in [6, 6.07) is -0.693. The number of esters is 1. The summed E-state index contributed by atoms with van der Waals surface area (Å²) < 4.78 is 43.5. The first-order chi connectivity index (χ1) is 11.0. The third kappa shape index (κ3) is 3.25. The second-order valence-electron chi connectivity index (χ2n) is 8.17. The number of carbonyl (C=O) groups excluding carboxylic acids is 2. The summed E-state index contributed by atoms with van der Waals surface area (Å²) in [7, 11) is 0. The molecule has 136 valence electrons. The molecule has 0 aromatic rings. The number of hydrogen-bond acceptors (Lipinski definition) is 4. The Morgan fingerprint density at radius 3 is 2.38 bits per heavy atom. The Bertz CT molecular complexity index is 544. The first-order valence-electron chi connectivity index (χ1n) is 8.29. The van der Waals surface area contributed by atoms with Gasteiger partial charge >= 0.3 is 12.1 Å². The fourth-order valence-corrected chi connectivity index (χ4v) is 4.10. The van der Waals surface area contributed by atoms with Gasteiger partial charge in [0.05, 0.1) is 11.5 Å². The molecule has 5 atom stereocenters. The Labute approximate surface area is 138 Å². The zero-order valence-corrected chi connectivity index (χ0v) is 14.0. The minimum Gasteiger partial charge on any atom is -0.458 e. The van der Waals surface area contributed by atoms with Crippen LogP contribution in [-0.4, -0.2) is 53.7 Å². The molecule has 0 aromatic heterocycles. The van der Waals surface area contributed by atoms with E-state index in [1.54, 1.807) is 20.8 Å². The highest BCUT2D eigenvalue weighted by Gasteiger charge is 2.57. The van der Waals surface area contributed by atoms with E-state index < -0.39 is 42.0 Å². The van der Waals surface area contributed by atoms with Gasteiger partial charge in [0.15, 0.2) is 0 Å². The highest BCUT2D eigenvalue weighted by atomic mass is 19.4. The van der Waals surface area contributed by atoms with Crippen LogP contribution in [0.25, 0.3) is 0 Å². The van der Waals surface area contributed by atoms with Gasteiger partial charge in [0, 0.05) is 18.6 Å². The fourth-order valence-electron chi connectivity index (χ4n) is 4.10. The number of amides is 1. The van der Waals surface area contributed by atoms with Gasteiger partial charge in [-0.15, -0.1) is 0 Å². The summed E-state index contributed by atoms with van der Waals surface area (Å²) >= 11 is 0. The molecule has 0 radical (unpaired) electrons. The molecule has 1 N–H and O–H groups in total. The largest absolute Gasteiger partial charge is 0.458 e. The average molecular weight is 348 g/mol. The van der Waals surface area contributed by atoms with Crippen LogP contribution in [0.1, 0.15) is 40.0 Å². The normalized spacial score (nSPS) is 35.2. The van der Waals surface area contributed by atoms with Gasteiger partial charge < -0.3 is 15.0 Å². The van der Waals surface area contributed by atoms with E-state index in [2.05, 4.69) is 5.32 Å². The van der Waals surface area contributed by atoms with Crippen LogP contribution in [0.3, 0.4) is 0 Å². The summed E-state index contributed by atoms with van der Waals surface area (Å²) in [4.78, 5) is 25.7. The lowest BCUT2D eigenvalue weighted by Crippen LogP contribution is -2.58. The number of piperidine rings is 2. The van der Waals surface area contributed by atoms with Gasteiger partial charge in [-0.3, -0.25) is 9.59 Å². The standard InChI is InChI=1S/C16H23F3N2O3/c1-15(2,3)14(23)24-13-10-5-8-4-9(20-10)12(13)21(7-8)11(22)6-16(17,18)19/h8-10,12-13,20H,4-7H2,1-3H3/t8?,9-,10+,12?,13+/m1/s1. The molecule has 2 unspecified atom stereocenters. The van der Waals surface area contributed by atoms with Crippen molar-refractivity contribution >= 4 is 11.9 Å². The summed E-state index contributed by atoms with van der Waals surface area (Å²) in [5, 5.41) is 3.32. The molecule has 5 nitrogen and oxygen atoms in total. The van der Waals surface area contributed by atoms with Crippen LogP contribution in [0.5, 0.6) is 0 Å². The highest BCUT2D eigenvalue weighted by Crippen LogP contribution is 2.42. The van der Waals surface area contributed by atoms with Crippen molar-refractivity contribution in [1.29, 1.82) is 0 Å². The van der Waals surface area contributed by atoms with Crippen molar-refractivity contribution in [1.82, 2.24) is 10.2 Å². The van der Waals surface area contributed by atoms with Crippen LogP contribution < -0.4 is 5.32 Å². The van der Waals surface area contributed by atoms with Gasteiger partial charge in [-0.25, -0.2) is 0 Å². The minimum absolute atomic E-state index is 0.0891. The topological polar surface area (TPSA) is 58.6 Å². The maximum atomic E-state index is 12.6. The molecule has 3 aliphatic heterocycles. The molecule has 3 fully saturated rings. The molecule has 3 rings (SSSR count). The van der Waals surface area contributed by atoms with Crippen molar-refractivity contribution < 1.29 is 27.5 Å². The molecule has 3 aliphatic rings. The molecule has 24 heavy (non-hydrogen) atoms. The van der Waals surface area contributed by atoms with Crippen molar-refractivity contribution in [2.75, 3.05) is 6.54 Å². The van der Waals surface area contributed by atoms with Crippen molar-refractivity contribution in [3.8, 4) is 0 Å². The maximum absolute atomic E-state index is 12.6. The van der Waals surface area contributed by atoms with E-state index in [0.717, 1.165) is 6.42 Å². The number of nitrogens with zero attached hydrogens (tertiary/aromatic N) is 1. The van der Waals surface area contributed by atoms with Gasteiger partial charge in [-0.1, -0.05) is 0 Å². The Kier molecular flexibility index (Phi) is 4.09. The zero-order valence-electron chi connectivity index (χ0n) is 14.0. The number of halogens is 3. The van der Waals surface area contributed by atoms with Crippen molar-refractivity contribution in [3.05, 3.63) is 0 Å². The van der Waals surface area contributed by atoms with E-state index in [1.807, 2.05) is 0 Å². The molecule has 1 amide bonds. The number of fused-ring (bicyclic) bond motifs is 2. The van der Waals surface area contributed by atoms with E-state index in [-0.39, 0.29) is 18.0 Å². The number of hydrogen-bond donors (Lipinski definition) is 1. The van der Waals surface area contributed by atoms with E-state index in [4.69, 9.17) is 4.74 Å². The van der Waals surface area contributed by atoms with Gasteiger partial charge in [0.1, 0.15) is 12.5 Å². The summed E-state index contributed by atoms with van der Waals surface area (Å²) in [6.45, 7) is 5.51. The lowest BCUT2D eigenvalue weighted by molar-refractivity contribution is -0.171. The Balaban J connectivity index is 1.81. The van der Waals surface area contributed by atoms with Crippen molar-refractivity contribution in [2.45, 2.75) is 70.4 Å². The number of ether oxygens (including phenoxy) is 1. The summed E-state index contributed by atoms with van der Waals surface area (Å²) in [5.74, 6) is -1.16. The molecule has 0 aliphatic carbocycles. The Morgan fingerprint density at radius 1 is 1.17 bits per heavy atom. The van der Waals surface area contributed by atoms with E-state index in [1.165, 1.54) is 4.90 Å².